The molecule has 0 spiro atoms. The standard InChI is InChI=1S/C13H19N3O2S/c1-10-3-4-12(17-2)11(9-10)14-13(19)15-16-5-7-18-8-6-16/h3-4,9H,5-8H2,1-2H3,(H2,14,15,19). The molecule has 1 fully saturated rings. The highest BCUT2D eigenvalue weighted by molar-refractivity contribution is 7.80. The van der Waals surface area contributed by atoms with E-state index in [0.717, 1.165) is 43.3 Å². The molecule has 1 aliphatic rings. The molecule has 1 aromatic rings. The maximum absolute atomic E-state index is 5.31. The van der Waals surface area contributed by atoms with Gasteiger partial charge in [0.15, 0.2) is 5.11 Å². The van der Waals surface area contributed by atoms with Crippen LogP contribution in [0.2, 0.25) is 0 Å². The SMILES string of the molecule is COc1ccc(C)cc1NC(=S)NN1CCOCC1. The molecule has 0 bridgehead atoms. The number of anilines is 1. The average molecular weight is 281 g/mol. The van der Waals surface area contributed by atoms with Crippen LogP contribution >= 0.6 is 12.2 Å². The third-order valence-corrected chi connectivity index (χ3v) is 3.07. The largest absolute Gasteiger partial charge is 0.495 e. The number of benzene rings is 1. The van der Waals surface area contributed by atoms with Gasteiger partial charge in [-0.15, -0.1) is 0 Å². The van der Waals surface area contributed by atoms with Crippen LogP contribution in [0.25, 0.3) is 0 Å². The predicted molar refractivity (Wildman–Crippen MR) is 79.5 cm³/mol. The second-order valence-electron chi connectivity index (χ2n) is 4.37. The first-order valence-electron chi connectivity index (χ1n) is 6.24. The summed E-state index contributed by atoms with van der Waals surface area (Å²) in [6.45, 7) is 5.13. The quantitative estimate of drug-likeness (QED) is 0.820. The molecule has 5 nitrogen and oxygen atoms in total. The van der Waals surface area contributed by atoms with Crippen molar-refractivity contribution in [2.75, 3.05) is 38.7 Å². The number of hydrazine groups is 1. The molecule has 0 saturated carbocycles. The zero-order valence-corrected chi connectivity index (χ0v) is 12.0. The molecule has 19 heavy (non-hydrogen) atoms. The van der Waals surface area contributed by atoms with Crippen molar-refractivity contribution in [1.82, 2.24) is 10.4 Å². The highest BCUT2D eigenvalue weighted by atomic mass is 32.1. The van der Waals surface area contributed by atoms with E-state index in [1.165, 1.54) is 0 Å². The molecule has 1 aromatic carbocycles. The summed E-state index contributed by atoms with van der Waals surface area (Å²) in [5.41, 5.74) is 5.18. The lowest BCUT2D eigenvalue weighted by molar-refractivity contribution is 0.0252. The van der Waals surface area contributed by atoms with Crippen LogP contribution in [0.4, 0.5) is 5.69 Å². The lowest BCUT2D eigenvalue weighted by Crippen LogP contribution is -2.49. The maximum Gasteiger partial charge on any atom is 0.185 e. The van der Waals surface area contributed by atoms with Crippen LogP contribution in [0.1, 0.15) is 5.56 Å². The van der Waals surface area contributed by atoms with E-state index in [1.54, 1.807) is 7.11 Å². The van der Waals surface area contributed by atoms with Gasteiger partial charge in [-0.3, -0.25) is 5.43 Å². The van der Waals surface area contributed by atoms with Crippen molar-refractivity contribution in [2.45, 2.75) is 6.92 Å². The first-order valence-corrected chi connectivity index (χ1v) is 6.65. The van der Waals surface area contributed by atoms with E-state index in [9.17, 15) is 0 Å². The van der Waals surface area contributed by atoms with E-state index in [0.29, 0.717) is 5.11 Å². The van der Waals surface area contributed by atoms with Crippen molar-refractivity contribution in [3.05, 3.63) is 23.8 Å². The minimum atomic E-state index is 0.561. The van der Waals surface area contributed by atoms with E-state index in [-0.39, 0.29) is 0 Å². The molecular weight excluding hydrogens is 262 g/mol. The molecule has 1 heterocycles. The third-order valence-electron chi connectivity index (χ3n) is 2.87. The molecule has 2 N–H and O–H groups in total. The minimum absolute atomic E-state index is 0.561. The second kappa shape index (κ2) is 6.70. The van der Waals surface area contributed by atoms with Crippen molar-refractivity contribution < 1.29 is 9.47 Å². The van der Waals surface area contributed by atoms with Gasteiger partial charge in [0.2, 0.25) is 0 Å². The smallest absolute Gasteiger partial charge is 0.185 e. The molecule has 2 rings (SSSR count). The summed E-state index contributed by atoms with van der Waals surface area (Å²) in [6, 6.07) is 5.93. The molecule has 0 radical (unpaired) electrons. The van der Waals surface area contributed by atoms with E-state index in [1.807, 2.05) is 30.1 Å². The van der Waals surface area contributed by atoms with Crippen molar-refractivity contribution in [3.8, 4) is 5.75 Å². The summed E-state index contributed by atoms with van der Waals surface area (Å²) in [6.07, 6.45) is 0. The number of rotatable bonds is 3. The van der Waals surface area contributed by atoms with Gasteiger partial charge in [-0.25, -0.2) is 5.01 Å². The fourth-order valence-corrected chi connectivity index (χ4v) is 2.13. The Kier molecular flexibility index (Phi) is 4.95. The van der Waals surface area contributed by atoms with Crippen LogP contribution in [0.5, 0.6) is 5.75 Å². The van der Waals surface area contributed by atoms with Gasteiger partial charge in [0.05, 0.1) is 26.0 Å². The Morgan fingerprint density at radius 1 is 1.37 bits per heavy atom. The van der Waals surface area contributed by atoms with E-state index in [2.05, 4.69) is 10.7 Å². The number of hydrogen-bond acceptors (Lipinski definition) is 4. The highest BCUT2D eigenvalue weighted by Gasteiger charge is 2.12. The zero-order valence-electron chi connectivity index (χ0n) is 11.2. The Labute approximate surface area is 118 Å². The topological polar surface area (TPSA) is 45.8 Å². The van der Waals surface area contributed by atoms with Crippen LogP contribution in [0, 0.1) is 6.92 Å². The number of thiocarbonyl (C=S) groups is 1. The monoisotopic (exact) mass is 281 g/mol. The molecule has 0 amide bonds. The Hall–Kier alpha value is -1.37. The van der Waals surface area contributed by atoms with Gasteiger partial charge in [0, 0.05) is 13.1 Å². The summed E-state index contributed by atoms with van der Waals surface area (Å²) in [4.78, 5) is 0. The van der Waals surface area contributed by atoms with Crippen LogP contribution in [0.15, 0.2) is 18.2 Å². The van der Waals surface area contributed by atoms with Crippen LogP contribution < -0.4 is 15.5 Å². The Morgan fingerprint density at radius 2 is 2.11 bits per heavy atom. The zero-order chi connectivity index (χ0) is 13.7. The molecular formula is C13H19N3O2S. The van der Waals surface area contributed by atoms with Gasteiger partial charge in [0.1, 0.15) is 5.75 Å². The number of nitrogens with zero attached hydrogens (tertiary/aromatic N) is 1. The number of aryl methyl sites for hydroxylation is 1. The summed E-state index contributed by atoms with van der Waals surface area (Å²) in [7, 11) is 1.65. The average Bonchev–Trinajstić information content (AvgIpc) is 2.40. The molecule has 0 atom stereocenters. The highest BCUT2D eigenvalue weighted by Crippen LogP contribution is 2.24. The molecule has 104 valence electrons. The molecule has 6 heteroatoms. The normalized spacial score (nSPS) is 15.9. The Balaban J connectivity index is 1.95. The number of methoxy groups -OCH3 is 1. The summed E-state index contributed by atoms with van der Waals surface area (Å²) in [5.74, 6) is 0.775. The van der Waals surface area contributed by atoms with Crippen LogP contribution in [0.3, 0.4) is 0 Å². The van der Waals surface area contributed by atoms with Crippen molar-refractivity contribution in [1.29, 1.82) is 0 Å². The lowest BCUT2D eigenvalue weighted by Gasteiger charge is -2.28. The minimum Gasteiger partial charge on any atom is -0.495 e. The van der Waals surface area contributed by atoms with Gasteiger partial charge in [-0.2, -0.15) is 0 Å². The number of hydrogen-bond donors (Lipinski definition) is 2. The Morgan fingerprint density at radius 3 is 2.79 bits per heavy atom. The van der Waals surface area contributed by atoms with Gasteiger partial charge in [-0.1, -0.05) is 6.07 Å². The molecule has 0 unspecified atom stereocenters. The fourth-order valence-electron chi connectivity index (χ4n) is 1.89. The maximum atomic E-state index is 5.31. The van der Waals surface area contributed by atoms with Crippen LogP contribution in [-0.4, -0.2) is 43.5 Å². The molecule has 0 aromatic heterocycles. The first kappa shape index (κ1) is 14.0. The van der Waals surface area contributed by atoms with E-state index in [4.69, 9.17) is 21.7 Å². The first-order chi connectivity index (χ1) is 9.19. The third kappa shape index (κ3) is 4.05. The molecule has 0 aliphatic carbocycles. The number of morpholine rings is 1. The van der Waals surface area contributed by atoms with Crippen LogP contribution in [-0.2, 0) is 4.74 Å². The molecule has 1 saturated heterocycles. The predicted octanol–water partition coefficient (Wildman–Crippen LogP) is 1.54. The van der Waals surface area contributed by atoms with Gasteiger partial charge < -0.3 is 14.8 Å². The van der Waals surface area contributed by atoms with E-state index >= 15 is 0 Å². The lowest BCUT2D eigenvalue weighted by atomic mass is 10.2. The van der Waals surface area contributed by atoms with Crippen molar-refractivity contribution in [2.24, 2.45) is 0 Å². The summed E-state index contributed by atoms with van der Waals surface area (Å²) >= 11 is 5.31. The van der Waals surface area contributed by atoms with E-state index < -0.39 is 0 Å². The Bertz CT molecular complexity index is 448. The summed E-state index contributed by atoms with van der Waals surface area (Å²) in [5, 5.41) is 5.77. The van der Waals surface area contributed by atoms with Crippen molar-refractivity contribution >= 4 is 23.0 Å². The van der Waals surface area contributed by atoms with Gasteiger partial charge in [-0.05, 0) is 36.8 Å². The molecule has 1 aliphatic heterocycles. The number of ether oxygens (including phenoxy) is 2. The fraction of sp³-hybridized carbons (Fsp3) is 0.462. The van der Waals surface area contributed by atoms with Gasteiger partial charge in [0.25, 0.3) is 0 Å². The van der Waals surface area contributed by atoms with Gasteiger partial charge >= 0.3 is 0 Å². The summed E-state index contributed by atoms with van der Waals surface area (Å²) < 4.78 is 10.6. The number of nitrogens with one attached hydrogen (secondary N) is 2. The van der Waals surface area contributed by atoms with Crippen molar-refractivity contribution in [3.63, 3.8) is 0 Å². The second-order valence-corrected chi connectivity index (χ2v) is 4.78.